The van der Waals surface area contributed by atoms with Gasteiger partial charge in [0.05, 0.1) is 13.0 Å². The van der Waals surface area contributed by atoms with E-state index in [2.05, 4.69) is 10.2 Å². The molecule has 30 heavy (non-hydrogen) atoms. The molecular formula is C21H21ClF3N3O2. The lowest BCUT2D eigenvalue weighted by atomic mass is 9.85. The van der Waals surface area contributed by atoms with E-state index in [9.17, 15) is 18.0 Å². The Kier molecular flexibility index (Phi) is 6.36. The molecule has 0 amide bonds. The first-order valence-electron chi connectivity index (χ1n) is 9.39. The monoisotopic (exact) mass is 439 g/mol. The lowest BCUT2D eigenvalue weighted by molar-refractivity contribution is -0.145. The molecule has 0 spiro atoms. The van der Waals surface area contributed by atoms with Gasteiger partial charge in [-0.3, -0.25) is 9.20 Å². The Balaban J connectivity index is 2.15. The zero-order chi connectivity index (χ0) is 22.1. The highest BCUT2D eigenvalue weighted by atomic mass is 35.5. The average Bonchev–Trinajstić information content (AvgIpc) is 3.13. The smallest absolute Gasteiger partial charge is 0.452 e. The van der Waals surface area contributed by atoms with Crippen LogP contribution < -0.4 is 0 Å². The van der Waals surface area contributed by atoms with Crippen LogP contribution in [0.1, 0.15) is 52.9 Å². The molecule has 0 N–H and O–H groups in total. The van der Waals surface area contributed by atoms with Gasteiger partial charge in [-0.2, -0.15) is 13.2 Å². The van der Waals surface area contributed by atoms with Crippen molar-refractivity contribution in [1.82, 2.24) is 14.6 Å². The molecule has 0 saturated heterocycles. The summed E-state index contributed by atoms with van der Waals surface area (Å²) >= 11 is 6.05. The van der Waals surface area contributed by atoms with Crippen LogP contribution in [0.5, 0.6) is 0 Å². The number of pyridine rings is 1. The number of benzene rings is 1. The Labute approximate surface area is 176 Å². The number of ether oxygens (including phenoxy) is 1. The molecule has 0 fully saturated rings. The summed E-state index contributed by atoms with van der Waals surface area (Å²) in [5.74, 6) is -1.60. The van der Waals surface area contributed by atoms with Crippen LogP contribution in [0.2, 0.25) is 0 Å². The first-order valence-corrected chi connectivity index (χ1v) is 9.93. The number of rotatable bonds is 6. The molecule has 9 heteroatoms. The molecule has 3 rings (SSSR count). The summed E-state index contributed by atoms with van der Waals surface area (Å²) < 4.78 is 45.6. The van der Waals surface area contributed by atoms with Gasteiger partial charge in [0.25, 0.3) is 0 Å². The molecule has 0 bridgehead atoms. The van der Waals surface area contributed by atoms with Crippen molar-refractivity contribution in [2.45, 2.75) is 45.2 Å². The van der Waals surface area contributed by atoms with Crippen molar-refractivity contribution in [3.05, 3.63) is 64.1 Å². The van der Waals surface area contributed by atoms with Gasteiger partial charge in [-0.15, -0.1) is 21.8 Å². The molecule has 0 saturated carbocycles. The molecular weight excluding hydrogens is 419 g/mol. The number of carbonyl (C=O) groups is 1. The van der Waals surface area contributed by atoms with E-state index < -0.39 is 23.9 Å². The number of nitrogens with zero attached hydrogens (tertiary/aromatic N) is 3. The van der Waals surface area contributed by atoms with Crippen molar-refractivity contribution < 1.29 is 22.7 Å². The molecule has 1 aromatic carbocycles. The van der Waals surface area contributed by atoms with E-state index in [0.29, 0.717) is 17.0 Å². The maximum atomic E-state index is 13.2. The summed E-state index contributed by atoms with van der Waals surface area (Å²) in [6.07, 6.45) is -3.30. The summed E-state index contributed by atoms with van der Waals surface area (Å²) in [5.41, 5.74) is 4.06. The van der Waals surface area contributed by atoms with Crippen LogP contribution in [0.3, 0.4) is 0 Å². The minimum atomic E-state index is -4.62. The van der Waals surface area contributed by atoms with E-state index >= 15 is 0 Å². The van der Waals surface area contributed by atoms with Crippen molar-refractivity contribution in [2.24, 2.45) is 0 Å². The van der Waals surface area contributed by atoms with E-state index in [1.54, 1.807) is 19.9 Å². The fraction of sp³-hybridized carbons (Fsp3) is 0.381. The molecule has 5 nitrogen and oxygen atoms in total. The summed E-state index contributed by atoms with van der Waals surface area (Å²) in [6, 6.07) is 7.30. The van der Waals surface area contributed by atoms with Crippen LogP contribution in [0.4, 0.5) is 13.2 Å². The minimum Gasteiger partial charge on any atom is -0.466 e. The first kappa shape index (κ1) is 22.1. The standard InChI is InChI=1S/C21H21ClF3N3O2/c1-4-30-18(29)10-17(14-6-5-12(2)15(9-14)11-22)16-7-8-28-19(13(16)3)26-27-20(28)21(23,24)25/h5-9,17H,4,10-11H2,1-3H3. The molecule has 0 radical (unpaired) electrons. The summed E-state index contributed by atoms with van der Waals surface area (Å²) in [5, 5.41) is 7.05. The van der Waals surface area contributed by atoms with E-state index in [4.69, 9.17) is 16.3 Å². The van der Waals surface area contributed by atoms with Gasteiger partial charge in [0.2, 0.25) is 5.82 Å². The van der Waals surface area contributed by atoms with E-state index in [1.165, 1.54) is 6.20 Å². The fourth-order valence-electron chi connectivity index (χ4n) is 3.51. The number of hydrogen-bond acceptors (Lipinski definition) is 4. The quantitative estimate of drug-likeness (QED) is 0.392. The second kappa shape index (κ2) is 8.63. The topological polar surface area (TPSA) is 56.5 Å². The Hall–Kier alpha value is -2.61. The fourth-order valence-corrected chi connectivity index (χ4v) is 3.80. The van der Waals surface area contributed by atoms with Gasteiger partial charge in [0, 0.05) is 18.0 Å². The van der Waals surface area contributed by atoms with Crippen molar-refractivity contribution in [3.8, 4) is 0 Å². The van der Waals surface area contributed by atoms with Crippen molar-refractivity contribution >= 4 is 23.2 Å². The summed E-state index contributed by atoms with van der Waals surface area (Å²) in [4.78, 5) is 12.3. The third-order valence-corrected chi connectivity index (χ3v) is 5.38. The maximum absolute atomic E-state index is 13.2. The van der Waals surface area contributed by atoms with Gasteiger partial charge < -0.3 is 4.74 Å². The highest BCUT2D eigenvalue weighted by Crippen LogP contribution is 2.35. The van der Waals surface area contributed by atoms with Gasteiger partial charge >= 0.3 is 12.1 Å². The lowest BCUT2D eigenvalue weighted by Crippen LogP contribution is -2.14. The molecule has 2 aromatic heterocycles. The molecule has 0 aliphatic heterocycles. The van der Waals surface area contributed by atoms with Crippen molar-refractivity contribution in [1.29, 1.82) is 0 Å². The van der Waals surface area contributed by atoms with Crippen LogP contribution >= 0.6 is 11.6 Å². The third-order valence-electron chi connectivity index (χ3n) is 5.09. The number of fused-ring (bicyclic) bond motifs is 1. The normalized spacial score (nSPS) is 12.9. The molecule has 0 aliphatic rings. The molecule has 1 unspecified atom stereocenters. The van der Waals surface area contributed by atoms with Gasteiger partial charge in [0.15, 0.2) is 5.65 Å². The van der Waals surface area contributed by atoms with Crippen LogP contribution in [-0.2, 0) is 21.6 Å². The van der Waals surface area contributed by atoms with E-state index in [1.807, 2.05) is 25.1 Å². The van der Waals surface area contributed by atoms with Crippen LogP contribution in [0.25, 0.3) is 5.65 Å². The Morgan fingerprint density at radius 3 is 2.60 bits per heavy atom. The zero-order valence-electron chi connectivity index (χ0n) is 16.8. The highest BCUT2D eigenvalue weighted by Gasteiger charge is 2.37. The number of halogens is 4. The number of hydrogen-bond donors (Lipinski definition) is 0. The Morgan fingerprint density at radius 1 is 1.23 bits per heavy atom. The lowest BCUT2D eigenvalue weighted by Gasteiger charge is -2.21. The Bertz CT molecular complexity index is 1080. The van der Waals surface area contributed by atoms with E-state index in [0.717, 1.165) is 21.1 Å². The van der Waals surface area contributed by atoms with Gasteiger partial charge in [0.1, 0.15) is 0 Å². The molecule has 160 valence electrons. The van der Waals surface area contributed by atoms with Crippen LogP contribution in [0, 0.1) is 13.8 Å². The number of aryl methyl sites for hydroxylation is 2. The zero-order valence-corrected chi connectivity index (χ0v) is 17.5. The number of alkyl halides is 4. The van der Waals surface area contributed by atoms with E-state index in [-0.39, 0.29) is 18.7 Å². The van der Waals surface area contributed by atoms with Gasteiger partial charge in [-0.05, 0) is 54.7 Å². The minimum absolute atomic E-state index is 0.0376. The third kappa shape index (κ3) is 4.28. The van der Waals surface area contributed by atoms with Crippen molar-refractivity contribution in [3.63, 3.8) is 0 Å². The predicted octanol–water partition coefficient (Wildman–Crippen LogP) is 5.19. The molecule has 2 heterocycles. The van der Waals surface area contributed by atoms with Gasteiger partial charge in [-0.25, -0.2) is 0 Å². The largest absolute Gasteiger partial charge is 0.466 e. The van der Waals surface area contributed by atoms with Crippen LogP contribution in [-0.4, -0.2) is 27.2 Å². The SMILES string of the molecule is CCOC(=O)CC(c1ccc(C)c(CCl)c1)c1ccn2c(C(F)(F)F)nnc2c1C. The van der Waals surface area contributed by atoms with Crippen molar-refractivity contribution in [2.75, 3.05) is 6.61 Å². The number of carbonyl (C=O) groups excluding carboxylic acids is 1. The number of esters is 1. The second-order valence-electron chi connectivity index (χ2n) is 6.99. The second-order valence-corrected chi connectivity index (χ2v) is 7.26. The summed E-state index contributed by atoms with van der Waals surface area (Å²) in [6.45, 7) is 5.57. The molecule has 1 atom stereocenters. The Morgan fingerprint density at radius 2 is 1.97 bits per heavy atom. The molecule has 0 aliphatic carbocycles. The van der Waals surface area contributed by atoms with Crippen LogP contribution in [0.15, 0.2) is 30.5 Å². The highest BCUT2D eigenvalue weighted by molar-refractivity contribution is 6.17. The molecule has 3 aromatic rings. The number of aromatic nitrogens is 3. The predicted molar refractivity (Wildman–Crippen MR) is 107 cm³/mol. The maximum Gasteiger partial charge on any atom is 0.452 e. The summed E-state index contributed by atoms with van der Waals surface area (Å²) in [7, 11) is 0. The first-order chi connectivity index (χ1) is 14.2. The average molecular weight is 440 g/mol. The van der Waals surface area contributed by atoms with Gasteiger partial charge in [-0.1, -0.05) is 18.2 Å².